The van der Waals surface area contributed by atoms with E-state index in [1.54, 1.807) is 13.2 Å². The van der Waals surface area contributed by atoms with Crippen LogP contribution in [-0.4, -0.2) is 27.3 Å². The Morgan fingerprint density at radius 1 is 0.957 bits per heavy atom. The van der Waals surface area contributed by atoms with Crippen LogP contribution in [0.1, 0.15) is 5.69 Å². The van der Waals surface area contributed by atoms with Crippen molar-refractivity contribution < 1.29 is 4.74 Å². The molecule has 7 heteroatoms. The topological polar surface area (TPSA) is 86.8 Å². The molecule has 0 spiro atoms. The number of ether oxygens (including phenoxy) is 1. The maximum Gasteiger partial charge on any atom is 0.240 e. The molecule has 0 saturated heterocycles. The molecule has 0 radical (unpaired) electrons. The monoisotopic (exact) mass is 327 g/mol. The van der Waals surface area contributed by atoms with Gasteiger partial charge in [-0.3, -0.25) is 0 Å². The van der Waals surface area contributed by atoms with Gasteiger partial charge >= 0.3 is 0 Å². The number of halogens is 1. The molecule has 3 rings (SSSR count). The lowest BCUT2D eigenvalue weighted by atomic mass is 10.0. The molecule has 0 fully saturated rings. The van der Waals surface area contributed by atoms with Gasteiger partial charge in [-0.15, -0.1) is 10.2 Å². The number of nitrogens with two attached hydrogens (primary N) is 1. The van der Waals surface area contributed by atoms with Gasteiger partial charge in [-0.05, 0) is 43.3 Å². The molecule has 0 amide bonds. The lowest BCUT2D eigenvalue weighted by Gasteiger charge is -2.09. The molecule has 0 atom stereocenters. The number of hydrogen-bond donors (Lipinski definition) is 1. The van der Waals surface area contributed by atoms with E-state index in [2.05, 4.69) is 20.2 Å². The minimum atomic E-state index is 0.108. The Kier molecular flexibility index (Phi) is 4.08. The molecule has 6 nitrogen and oxygen atoms in total. The quantitative estimate of drug-likeness (QED) is 0.743. The van der Waals surface area contributed by atoms with Crippen molar-refractivity contribution in [3.63, 3.8) is 0 Å². The molecule has 2 aromatic heterocycles. The highest BCUT2D eigenvalue weighted by molar-refractivity contribution is 6.29. The van der Waals surface area contributed by atoms with Crippen molar-refractivity contribution in [3.05, 3.63) is 47.2 Å². The summed E-state index contributed by atoms with van der Waals surface area (Å²) in [6.07, 6.45) is 0. The van der Waals surface area contributed by atoms with Crippen LogP contribution in [0, 0.1) is 6.92 Å². The van der Waals surface area contributed by atoms with Crippen LogP contribution in [-0.2, 0) is 0 Å². The van der Waals surface area contributed by atoms with Crippen LogP contribution in [0.15, 0.2) is 36.4 Å². The first-order valence-corrected chi connectivity index (χ1v) is 7.24. The average Bonchev–Trinajstić information content (AvgIpc) is 2.54. The van der Waals surface area contributed by atoms with Crippen molar-refractivity contribution in [2.75, 3.05) is 12.8 Å². The van der Waals surface area contributed by atoms with Gasteiger partial charge in [0.1, 0.15) is 22.3 Å². The molecule has 0 aliphatic heterocycles. The summed E-state index contributed by atoms with van der Waals surface area (Å²) < 4.78 is 5.18. The summed E-state index contributed by atoms with van der Waals surface area (Å²) in [7, 11) is 1.62. The lowest BCUT2D eigenvalue weighted by Crippen LogP contribution is -2.02. The largest absolute Gasteiger partial charge is 0.497 e. The zero-order chi connectivity index (χ0) is 16.4. The van der Waals surface area contributed by atoms with E-state index >= 15 is 0 Å². The Labute approximate surface area is 138 Å². The highest BCUT2D eigenvalue weighted by Gasteiger charge is 2.14. The average molecular weight is 328 g/mol. The van der Waals surface area contributed by atoms with Gasteiger partial charge in [-0.1, -0.05) is 11.6 Å². The summed E-state index contributed by atoms with van der Waals surface area (Å²) in [5.41, 5.74) is 9.36. The SMILES string of the molecule is COc1ccc(-c2nc(N)nnc2-c2cc(C)nc(Cl)c2)cc1. The molecular weight excluding hydrogens is 314 g/mol. The number of aryl methyl sites for hydroxylation is 1. The molecule has 2 heterocycles. The van der Waals surface area contributed by atoms with Crippen molar-refractivity contribution >= 4 is 17.5 Å². The number of pyridine rings is 1. The summed E-state index contributed by atoms with van der Waals surface area (Å²) in [6, 6.07) is 11.1. The van der Waals surface area contributed by atoms with Gasteiger partial charge < -0.3 is 10.5 Å². The fraction of sp³-hybridized carbons (Fsp3) is 0.125. The number of aromatic nitrogens is 4. The molecule has 0 aliphatic carbocycles. The number of nitrogens with zero attached hydrogens (tertiary/aromatic N) is 4. The zero-order valence-corrected chi connectivity index (χ0v) is 13.4. The number of benzene rings is 1. The second-order valence-electron chi connectivity index (χ2n) is 4.92. The van der Waals surface area contributed by atoms with Crippen LogP contribution < -0.4 is 10.5 Å². The maximum atomic E-state index is 6.05. The minimum absolute atomic E-state index is 0.108. The predicted molar refractivity (Wildman–Crippen MR) is 89.2 cm³/mol. The van der Waals surface area contributed by atoms with Crippen LogP contribution >= 0.6 is 11.6 Å². The molecule has 0 unspecified atom stereocenters. The molecule has 0 aliphatic rings. The third-order valence-electron chi connectivity index (χ3n) is 3.26. The van der Waals surface area contributed by atoms with Crippen molar-refractivity contribution in [2.45, 2.75) is 6.92 Å². The lowest BCUT2D eigenvalue weighted by molar-refractivity contribution is 0.415. The highest BCUT2D eigenvalue weighted by Crippen LogP contribution is 2.31. The predicted octanol–water partition coefficient (Wildman–Crippen LogP) is 3.15. The smallest absolute Gasteiger partial charge is 0.240 e. The first-order chi connectivity index (χ1) is 11.1. The standard InChI is InChI=1S/C16H14ClN5O/c1-9-7-11(8-13(17)19-9)15-14(20-16(18)22-21-15)10-3-5-12(23-2)6-4-10/h3-8H,1-2H3,(H2,18,20,22). The highest BCUT2D eigenvalue weighted by atomic mass is 35.5. The molecule has 2 N–H and O–H groups in total. The van der Waals surface area contributed by atoms with Gasteiger partial charge in [0.05, 0.1) is 7.11 Å². The van der Waals surface area contributed by atoms with Crippen LogP contribution in [0.4, 0.5) is 5.95 Å². The molecule has 0 saturated carbocycles. The van der Waals surface area contributed by atoms with Gasteiger partial charge in [-0.2, -0.15) is 0 Å². The van der Waals surface area contributed by atoms with Crippen molar-refractivity contribution in [2.24, 2.45) is 0 Å². The molecule has 0 bridgehead atoms. The molecule has 3 aromatic rings. The van der Waals surface area contributed by atoms with E-state index in [0.29, 0.717) is 16.5 Å². The second kappa shape index (κ2) is 6.18. The van der Waals surface area contributed by atoms with E-state index in [1.807, 2.05) is 37.3 Å². The van der Waals surface area contributed by atoms with Crippen molar-refractivity contribution in [3.8, 4) is 28.3 Å². The van der Waals surface area contributed by atoms with E-state index < -0.39 is 0 Å². The van der Waals surface area contributed by atoms with E-state index in [-0.39, 0.29) is 5.95 Å². The van der Waals surface area contributed by atoms with Crippen LogP contribution in [0.3, 0.4) is 0 Å². The summed E-state index contributed by atoms with van der Waals surface area (Å²) in [6.45, 7) is 1.86. The third kappa shape index (κ3) is 3.22. The summed E-state index contributed by atoms with van der Waals surface area (Å²) in [5, 5.41) is 8.45. The Bertz CT molecular complexity index is 831. The first kappa shape index (κ1) is 15.2. The molecular formula is C16H14ClN5O. The number of rotatable bonds is 3. The van der Waals surface area contributed by atoms with Crippen LogP contribution in [0.5, 0.6) is 5.75 Å². The fourth-order valence-electron chi connectivity index (χ4n) is 2.25. The molecule has 116 valence electrons. The van der Waals surface area contributed by atoms with Gasteiger partial charge in [-0.25, -0.2) is 9.97 Å². The van der Waals surface area contributed by atoms with E-state index in [9.17, 15) is 0 Å². The number of methoxy groups -OCH3 is 1. The normalized spacial score (nSPS) is 10.6. The van der Waals surface area contributed by atoms with Gasteiger partial charge in [0.15, 0.2) is 0 Å². The zero-order valence-electron chi connectivity index (χ0n) is 12.6. The molecule has 1 aromatic carbocycles. The van der Waals surface area contributed by atoms with E-state index in [0.717, 1.165) is 22.6 Å². The second-order valence-corrected chi connectivity index (χ2v) is 5.30. The summed E-state index contributed by atoms with van der Waals surface area (Å²) in [4.78, 5) is 8.49. The number of nitrogen functional groups attached to an aromatic ring is 1. The van der Waals surface area contributed by atoms with Crippen molar-refractivity contribution in [1.29, 1.82) is 0 Å². The van der Waals surface area contributed by atoms with Gasteiger partial charge in [0.25, 0.3) is 0 Å². The van der Waals surface area contributed by atoms with E-state index in [1.165, 1.54) is 0 Å². The molecule has 23 heavy (non-hydrogen) atoms. The Morgan fingerprint density at radius 2 is 1.70 bits per heavy atom. The number of anilines is 1. The third-order valence-corrected chi connectivity index (χ3v) is 3.46. The maximum absolute atomic E-state index is 6.05. The first-order valence-electron chi connectivity index (χ1n) is 6.86. The van der Waals surface area contributed by atoms with Crippen LogP contribution in [0.2, 0.25) is 5.15 Å². The minimum Gasteiger partial charge on any atom is -0.497 e. The number of hydrogen-bond acceptors (Lipinski definition) is 6. The van der Waals surface area contributed by atoms with E-state index in [4.69, 9.17) is 22.1 Å². The summed E-state index contributed by atoms with van der Waals surface area (Å²) >= 11 is 6.05. The van der Waals surface area contributed by atoms with Crippen molar-refractivity contribution in [1.82, 2.24) is 20.2 Å². The Hall–Kier alpha value is -2.73. The van der Waals surface area contributed by atoms with Gasteiger partial charge in [0.2, 0.25) is 5.95 Å². The summed E-state index contributed by atoms with van der Waals surface area (Å²) in [5.74, 6) is 0.865. The Balaban J connectivity index is 2.17. The fourth-order valence-corrected chi connectivity index (χ4v) is 2.50. The van der Waals surface area contributed by atoms with Crippen LogP contribution in [0.25, 0.3) is 22.5 Å². The van der Waals surface area contributed by atoms with Gasteiger partial charge in [0, 0.05) is 16.8 Å². The Morgan fingerprint density at radius 3 is 2.35 bits per heavy atom.